The number of benzene rings is 1. The van der Waals surface area contributed by atoms with Gasteiger partial charge in [0, 0.05) is 0 Å². The molecule has 2 N–H and O–H groups in total. The highest BCUT2D eigenvalue weighted by Gasteiger charge is 2.17. The Morgan fingerprint density at radius 3 is 2.47 bits per heavy atom. The molecule has 0 heterocycles. The molecule has 4 nitrogen and oxygen atoms in total. The van der Waals surface area contributed by atoms with Gasteiger partial charge in [0.25, 0.3) is 0 Å². The SMILES string of the molecule is Cc1ccc(S(=O)(=O)CCCN(C)C)c(N)c1. The first-order valence-electron chi connectivity index (χ1n) is 5.56. The van der Waals surface area contributed by atoms with Crippen LogP contribution in [-0.4, -0.2) is 39.7 Å². The standard InChI is InChI=1S/C12H20N2O2S/c1-10-5-6-12(11(13)9-10)17(15,16)8-4-7-14(2)3/h5-6,9H,4,7-8,13H2,1-3H3. The molecule has 0 saturated heterocycles. The molecule has 17 heavy (non-hydrogen) atoms. The highest BCUT2D eigenvalue weighted by molar-refractivity contribution is 7.91. The van der Waals surface area contributed by atoms with E-state index >= 15 is 0 Å². The summed E-state index contributed by atoms with van der Waals surface area (Å²) in [4.78, 5) is 2.22. The Bertz CT molecular complexity index is 481. The number of nitrogen functional groups attached to an aromatic ring is 1. The van der Waals surface area contributed by atoms with Crippen molar-refractivity contribution in [2.75, 3.05) is 32.1 Å². The van der Waals surface area contributed by atoms with Gasteiger partial charge in [-0.2, -0.15) is 0 Å². The molecule has 96 valence electrons. The second-order valence-corrected chi connectivity index (χ2v) is 6.59. The van der Waals surface area contributed by atoms with Crippen LogP contribution in [0, 0.1) is 6.92 Å². The van der Waals surface area contributed by atoms with Crippen molar-refractivity contribution in [3.63, 3.8) is 0 Å². The van der Waals surface area contributed by atoms with E-state index < -0.39 is 9.84 Å². The topological polar surface area (TPSA) is 63.4 Å². The van der Waals surface area contributed by atoms with Gasteiger partial charge in [-0.1, -0.05) is 6.07 Å². The van der Waals surface area contributed by atoms with Crippen molar-refractivity contribution in [2.24, 2.45) is 0 Å². The highest BCUT2D eigenvalue weighted by Crippen LogP contribution is 2.21. The van der Waals surface area contributed by atoms with Crippen LogP contribution in [-0.2, 0) is 9.84 Å². The van der Waals surface area contributed by atoms with E-state index in [-0.39, 0.29) is 10.6 Å². The van der Waals surface area contributed by atoms with Crippen LogP contribution in [0.2, 0.25) is 0 Å². The van der Waals surface area contributed by atoms with Crippen LogP contribution < -0.4 is 5.73 Å². The Balaban J connectivity index is 2.83. The van der Waals surface area contributed by atoms with Gasteiger partial charge >= 0.3 is 0 Å². The molecule has 0 atom stereocenters. The summed E-state index contributed by atoms with van der Waals surface area (Å²) < 4.78 is 24.1. The molecule has 0 aromatic heterocycles. The number of hydrogen-bond acceptors (Lipinski definition) is 4. The maximum atomic E-state index is 12.0. The Hall–Kier alpha value is -1.07. The van der Waals surface area contributed by atoms with Gasteiger partial charge in [0.15, 0.2) is 9.84 Å². The van der Waals surface area contributed by atoms with Gasteiger partial charge in [0.2, 0.25) is 0 Å². The van der Waals surface area contributed by atoms with Crippen LogP contribution in [0.5, 0.6) is 0 Å². The van der Waals surface area contributed by atoms with Crippen LogP contribution in [0.1, 0.15) is 12.0 Å². The Morgan fingerprint density at radius 1 is 1.29 bits per heavy atom. The summed E-state index contributed by atoms with van der Waals surface area (Å²) in [6.45, 7) is 2.64. The van der Waals surface area contributed by atoms with E-state index in [9.17, 15) is 8.42 Å². The fraction of sp³-hybridized carbons (Fsp3) is 0.500. The number of aryl methyl sites for hydroxylation is 1. The van der Waals surface area contributed by atoms with E-state index in [4.69, 9.17) is 5.73 Å². The van der Waals surface area contributed by atoms with E-state index in [1.807, 2.05) is 25.9 Å². The van der Waals surface area contributed by atoms with Crippen molar-refractivity contribution < 1.29 is 8.42 Å². The molecular weight excluding hydrogens is 236 g/mol. The molecule has 5 heteroatoms. The molecule has 0 aliphatic carbocycles. The van der Waals surface area contributed by atoms with Gasteiger partial charge in [-0.05, 0) is 51.7 Å². The molecule has 1 rings (SSSR count). The fourth-order valence-electron chi connectivity index (χ4n) is 1.63. The number of nitrogens with two attached hydrogens (primary N) is 1. The fourth-order valence-corrected chi connectivity index (χ4v) is 3.05. The Kier molecular flexibility index (Phi) is 4.54. The van der Waals surface area contributed by atoms with E-state index in [1.54, 1.807) is 18.2 Å². The average molecular weight is 256 g/mol. The van der Waals surface area contributed by atoms with Gasteiger partial charge in [-0.3, -0.25) is 0 Å². The Morgan fingerprint density at radius 2 is 1.94 bits per heavy atom. The van der Waals surface area contributed by atoms with Crippen LogP contribution in [0.25, 0.3) is 0 Å². The maximum Gasteiger partial charge on any atom is 0.180 e. The zero-order valence-electron chi connectivity index (χ0n) is 10.6. The first-order valence-corrected chi connectivity index (χ1v) is 7.22. The van der Waals surface area contributed by atoms with Gasteiger partial charge in [0.1, 0.15) is 0 Å². The van der Waals surface area contributed by atoms with Crippen molar-refractivity contribution in [2.45, 2.75) is 18.2 Å². The van der Waals surface area contributed by atoms with Gasteiger partial charge in [0.05, 0.1) is 16.3 Å². The Labute approximate surface area is 103 Å². The monoisotopic (exact) mass is 256 g/mol. The van der Waals surface area contributed by atoms with Gasteiger partial charge in [-0.15, -0.1) is 0 Å². The van der Waals surface area contributed by atoms with Crippen molar-refractivity contribution in [3.05, 3.63) is 23.8 Å². The summed E-state index contributed by atoms with van der Waals surface area (Å²) in [7, 11) is 0.592. The molecule has 0 fully saturated rings. The second kappa shape index (κ2) is 5.51. The predicted octanol–water partition coefficient (Wildman–Crippen LogP) is 1.30. The normalized spacial score (nSPS) is 12.0. The van der Waals surface area contributed by atoms with Gasteiger partial charge in [-0.25, -0.2) is 8.42 Å². The van der Waals surface area contributed by atoms with Crippen molar-refractivity contribution in [1.29, 1.82) is 0 Å². The largest absolute Gasteiger partial charge is 0.398 e. The molecular formula is C12H20N2O2S. The summed E-state index contributed by atoms with van der Waals surface area (Å²) in [6.07, 6.45) is 0.614. The van der Waals surface area contributed by atoms with Crippen molar-refractivity contribution in [1.82, 2.24) is 4.90 Å². The zero-order chi connectivity index (χ0) is 13.1. The van der Waals surface area contributed by atoms with E-state index in [1.165, 1.54) is 0 Å². The molecule has 0 aliphatic heterocycles. The second-order valence-electron chi connectivity index (χ2n) is 4.52. The molecule has 0 bridgehead atoms. The minimum Gasteiger partial charge on any atom is -0.398 e. The van der Waals surface area contributed by atoms with Crippen LogP contribution in [0.3, 0.4) is 0 Å². The quantitative estimate of drug-likeness (QED) is 0.807. The average Bonchev–Trinajstić information content (AvgIpc) is 2.15. The predicted molar refractivity (Wildman–Crippen MR) is 70.8 cm³/mol. The molecule has 1 aromatic rings. The summed E-state index contributed by atoms with van der Waals surface area (Å²) in [6, 6.07) is 5.06. The number of nitrogens with zero attached hydrogens (tertiary/aromatic N) is 1. The lowest BCUT2D eigenvalue weighted by Gasteiger charge is -2.11. The summed E-state index contributed by atoms with van der Waals surface area (Å²) in [5, 5.41) is 0. The van der Waals surface area contributed by atoms with Crippen LogP contribution in [0.4, 0.5) is 5.69 Å². The number of sulfone groups is 1. The molecule has 0 aliphatic rings. The molecule has 0 unspecified atom stereocenters. The number of anilines is 1. The highest BCUT2D eigenvalue weighted by atomic mass is 32.2. The minimum atomic E-state index is -3.26. The third-order valence-corrected chi connectivity index (χ3v) is 4.39. The first-order chi connectivity index (χ1) is 7.83. The van der Waals surface area contributed by atoms with E-state index in [2.05, 4.69) is 0 Å². The first kappa shape index (κ1) is 14.0. The number of rotatable bonds is 5. The molecule has 0 radical (unpaired) electrons. The lowest BCUT2D eigenvalue weighted by Crippen LogP contribution is -2.18. The third-order valence-electron chi connectivity index (χ3n) is 2.52. The van der Waals surface area contributed by atoms with Crippen molar-refractivity contribution >= 4 is 15.5 Å². The summed E-state index contributed by atoms with van der Waals surface area (Å²) in [5.41, 5.74) is 7.06. The molecule has 0 saturated carbocycles. The van der Waals surface area contributed by atoms with Crippen LogP contribution >= 0.6 is 0 Å². The third kappa shape index (κ3) is 4.02. The lowest BCUT2D eigenvalue weighted by atomic mass is 10.2. The minimum absolute atomic E-state index is 0.137. The number of hydrogen-bond donors (Lipinski definition) is 1. The van der Waals surface area contributed by atoms with E-state index in [0.717, 1.165) is 12.1 Å². The maximum absolute atomic E-state index is 12.0. The molecule has 1 aromatic carbocycles. The lowest BCUT2D eigenvalue weighted by molar-refractivity contribution is 0.408. The molecule has 0 amide bonds. The summed E-state index contributed by atoms with van der Waals surface area (Å²) in [5.74, 6) is 0.137. The smallest absolute Gasteiger partial charge is 0.180 e. The molecule has 0 spiro atoms. The van der Waals surface area contributed by atoms with Crippen molar-refractivity contribution in [3.8, 4) is 0 Å². The zero-order valence-corrected chi connectivity index (χ0v) is 11.4. The van der Waals surface area contributed by atoms with Gasteiger partial charge < -0.3 is 10.6 Å². The van der Waals surface area contributed by atoms with E-state index in [0.29, 0.717) is 12.1 Å². The van der Waals surface area contributed by atoms with Crippen LogP contribution in [0.15, 0.2) is 23.1 Å². The summed E-state index contributed by atoms with van der Waals surface area (Å²) >= 11 is 0.